The van der Waals surface area contributed by atoms with Gasteiger partial charge in [0.15, 0.2) is 5.12 Å². The van der Waals surface area contributed by atoms with Crippen LogP contribution < -0.4 is 5.32 Å². The number of carbonyl (C=O) groups excluding carboxylic acids is 3. The van der Waals surface area contributed by atoms with Gasteiger partial charge in [0.25, 0.3) is 0 Å². The summed E-state index contributed by atoms with van der Waals surface area (Å²) in [6.45, 7) is 5.52. The van der Waals surface area contributed by atoms with Crippen LogP contribution in [0.3, 0.4) is 0 Å². The lowest BCUT2D eigenvalue weighted by Crippen LogP contribution is -2.46. The van der Waals surface area contributed by atoms with Crippen molar-refractivity contribution >= 4 is 40.5 Å². The van der Waals surface area contributed by atoms with E-state index in [4.69, 9.17) is 4.74 Å². The highest BCUT2D eigenvalue weighted by Gasteiger charge is 2.27. The van der Waals surface area contributed by atoms with E-state index in [9.17, 15) is 14.4 Å². The van der Waals surface area contributed by atoms with Crippen molar-refractivity contribution < 1.29 is 19.1 Å². The Bertz CT molecular complexity index is 636. The van der Waals surface area contributed by atoms with Crippen molar-refractivity contribution in [2.75, 3.05) is 24.4 Å². The third-order valence-electron chi connectivity index (χ3n) is 4.08. The zero-order chi connectivity index (χ0) is 20.2. The quantitative estimate of drug-likeness (QED) is 0.564. The van der Waals surface area contributed by atoms with E-state index in [1.807, 2.05) is 37.4 Å². The SMILES string of the molecule is CCOC(=O)[C@H](CCSC)NC(=O)C(CSC(C)=O)Cc1ccccc1C. The van der Waals surface area contributed by atoms with Gasteiger partial charge in [0, 0.05) is 12.7 Å². The molecule has 0 fully saturated rings. The van der Waals surface area contributed by atoms with Gasteiger partial charge in [0.1, 0.15) is 6.04 Å². The lowest BCUT2D eigenvalue weighted by atomic mass is 9.96. The maximum Gasteiger partial charge on any atom is 0.328 e. The molecule has 1 aromatic rings. The third kappa shape index (κ3) is 8.84. The van der Waals surface area contributed by atoms with Gasteiger partial charge < -0.3 is 10.1 Å². The number of ether oxygens (including phenoxy) is 1. The van der Waals surface area contributed by atoms with Crippen LogP contribution in [0.15, 0.2) is 24.3 Å². The number of thioether (sulfide) groups is 2. The zero-order valence-corrected chi connectivity index (χ0v) is 18.1. The van der Waals surface area contributed by atoms with Crippen LogP contribution in [-0.2, 0) is 25.5 Å². The van der Waals surface area contributed by atoms with Gasteiger partial charge in [-0.1, -0.05) is 36.0 Å². The van der Waals surface area contributed by atoms with Gasteiger partial charge >= 0.3 is 5.97 Å². The Hall–Kier alpha value is -1.47. The first kappa shape index (κ1) is 23.6. The molecule has 5 nitrogen and oxygen atoms in total. The molecule has 0 saturated heterocycles. The van der Waals surface area contributed by atoms with Crippen LogP contribution >= 0.6 is 23.5 Å². The first-order chi connectivity index (χ1) is 12.9. The summed E-state index contributed by atoms with van der Waals surface area (Å²) in [4.78, 5) is 36.5. The molecule has 150 valence electrons. The molecular weight excluding hydrogens is 382 g/mol. The summed E-state index contributed by atoms with van der Waals surface area (Å²) in [5.41, 5.74) is 2.17. The maximum absolute atomic E-state index is 12.9. The molecule has 0 spiro atoms. The van der Waals surface area contributed by atoms with Gasteiger partial charge in [-0.15, -0.1) is 0 Å². The molecule has 27 heavy (non-hydrogen) atoms. The van der Waals surface area contributed by atoms with Crippen molar-refractivity contribution in [3.05, 3.63) is 35.4 Å². The molecule has 0 aliphatic heterocycles. The monoisotopic (exact) mass is 411 g/mol. The molecule has 0 aliphatic rings. The topological polar surface area (TPSA) is 72.5 Å². The molecule has 0 saturated carbocycles. The van der Waals surface area contributed by atoms with E-state index in [1.54, 1.807) is 18.7 Å². The van der Waals surface area contributed by atoms with E-state index in [0.29, 0.717) is 18.6 Å². The summed E-state index contributed by atoms with van der Waals surface area (Å²) in [6.07, 6.45) is 2.99. The average molecular weight is 412 g/mol. The van der Waals surface area contributed by atoms with Gasteiger partial charge in [0.05, 0.1) is 12.5 Å². The molecule has 7 heteroatoms. The standard InChI is InChI=1S/C20H29NO4S2/c1-5-25-20(24)18(10-11-26-4)21-19(23)17(13-27-15(3)22)12-16-9-7-6-8-14(16)2/h6-9,17-18H,5,10-13H2,1-4H3,(H,21,23)/t17?,18-/m0/s1. The molecule has 0 aliphatic carbocycles. The summed E-state index contributed by atoms with van der Waals surface area (Å²) < 4.78 is 5.10. The maximum atomic E-state index is 12.9. The van der Waals surface area contributed by atoms with Crippen molar-refractivity contribution in [3.63, 3.8) is 0 Å². The van der Waals surface area contributed by atoms with E-state index in [1.165, 1.54) is 6.92 Å². The van der Waals surface area contributed by atoms with E-state index in [0.717, 1.165) is 28.6 Å². The molecular formula is C20H29NO4S2. The summed E-state index contributed by atoms with van der Waals surface area (Å²) >= 11 is 2.75. The van der Waals surface area contributed by atoms with Crippen LogP contribution in [0.2, 0.25) is 0 Å². The number of nitrogens with one attached hydrogen (secondary N) is 1. The average Bonchev–Trinajstić information content (AvgIpc) is 2.63. The van der Waals surface area contributed by atoms with Gasteiger partial charge in [0.2, 0.25) is 5.91 Å². The van der Waals surface area contributed by atoms with E-state index >= 15 is 0 Å². The Kier molecular flexibility index (Phi) is 11.2. The molecule has 1 N–H and O–H groups in total. The third-order valence-corrected chi connectivity index (χ3v) is 5.70. The fraction of sp³-hybridized carbons (Fsp3) is 0.550. The molecule has 0 heterocycles. The van der Waals surface area contributed by atoms with Crippen LogP contribution in [0.4, 0.5) is 0 Å². The Morgan fingerprint density at radius 3 is 2.52 bits per heavy atom. The zero-order valence-electron chi connectivity index (χ0n) is 16.4. The first-order valence-electron chi connectivity index (χ1n) is 9.02. The predicted octanol–water partition coefficient (Wildman–Crippen LogP) is 3.23. The molecule has 0 radical (unpaired) electrons. The summed E-state index contributed by atoms with van der Waals surface area (Å²) in [7, 11) is 0. The van der Waals surface area contributed by atoms with Crippen molar-refractivity contribution in [1.29, 1.82) is 0 Å². The van der Waals surface area contributed by atoms with E-state index in [-0.39, 0.29) is 17.6 Å². The number of benzene rings is 1. The molecule has 1 amide bonds. The fourth-order valence-electron chi connectivity index (χ4n) is 2.57. The highest BCUT2D eigenvalue weighted by atomic mass is 32.2. The second-order valence-corrected chi connectivity index (χ2v) is 8.41. The van der Waals surface area contributed by atoms with E-state index < -0.39 is 17.9 Å². The van der Waals surface area contributed by atoms with Crippen molar-refractivity contribution in [3.8, 4) is 0 Å². The summed E-state index contributed by atoms with van der Waals surface area (Å²) in [5.74, 6) is 0.105. The van der Waals surface area contributed by atoms with E-state index in [2.05, 4.69) is 5.32 Å². The molecule has 0 aromatic heterocycles. The lowest BCUT2D eigenvalue weighted by Gasteiger charge is -2.22. The normalized spacial score (nSPS) is 12.9. The number of aryl methyl sites for hydroxylation is 1. The number of rotatable bonds is 11. The summed E-state index contributed by atoms with van der Waals surface area (Å²) in [6, 6.07) is 7.23. The second kappa shape index (κ2) is 12.8. The number of amides is 1. The molecule has 1 unspecified atom stereocenters. The highest BCUT2D eigenvalue weighted by molar-refractivity contribution is 8.13. The number of esters is 1. The smallest absolute Gasteiger partial charge is 0.328 e. The van der Waals surface area contributed by atoms with Crippen LogP contribution in [-0.4, -0.2) is 47.4 Å². The molecule has 0 bridgehead atoms. The minimum atomic E-state index is -0.661. The predicted molar refractivity (Wildman–Crippen MR) is 113 cm³/mol. The van der Waals surface area contributed by atoms with Gasteiger partial charge in [-0.05, 0) is 49.8 Å². The number of carbonyl (C=O) groups is 3. The van der Waals surface area contributed by atoms with Crippen LogP contribution in [0, 0.1) is 12.8 Å². The van der Waals surface area contributed by atoms with Gasteiger partial charge in [-0.25, -0.2) is 4.79 Å². The number of hydrogen-bond donors (Lipinski definition) is 1. The van der Waals surface area contributed by atoms with Gasteiger partial charge in [-0.3, -0.25) is 9.59 Å². The second-order valence-electron chi connectivity index (χ2n) is 6.22. The largest absolute Gasteiger partial charge is 0.464 e. The van der Waals surface area contributed by atoms with Crippen LogP contribution in [0.1, 0.15) is 31.4 Å². The number of hydrogen-bond acceptors (Lipinski definition) is 6. The van der Waals surface area contributed by atoms with Crippen molar-refractivity contribution in [1.82, 2.24) is 5.32 Å². The van der Waals surface area contributed by atoms with Crippen molar-refractivity contribution in [2.45, 2.75) is 39.7 Å². The molecule has 1 rings (SSSR count). The highest BCUT2D eigenvalue weighted by Crippen LogP contribution is 2.19. The van der Waals surface area contributed by atoms with Crippen LogP contribution in [0.25, 0.3) is 0 Å². The Labute approximate surface area is 170 Å². The Morgan fingerprint density at radius 2 is 1.93 bits per heavy atom. The Morgan fingerprint density at radius 1 is 1.22 bits per heavy atom. The first-order valence-corrected chi connectivity index (χ1v) is 11.4. The summed E-state index contributed by atoms with van der Waals surface area (Å²) in [5, 5.41) is 2.82. The van der Waals surface area contributed by atoms with Crippen molar-refractivity contribution in [2.24, 2.45) is 5.92 Å². The van der Waals surface area contributed by atoms with Gasteiger partial charge in [-0.2, -0.15) is 11.8 Å². The lowest BCUT2D eigenvalue weighted by molar-refractivity contribution is -0.147. The van der Waals surface area contributed by atoms with Crippen LogP contribution in [0.5, 0.6) is 0 Å². The minimum absolute atomic E-state index is 0.0260. The molecule has 2 atom stereocenters. The Balaban J connectivity index is 2.90. The molecule has 1 aromatic carbocycles. The minimum Gasteiger partial charge on any atom is -0.464 e. The fourth-order valence-corrected chi connectivity index (χ4v) is 3.74.